The van der Waals surface area contributed by atoms with E-state index in [1.54, 1.807) is 6.20 Å². The van der Waals surface area contributed by atoms with Crippen LogP contribution in [0.2, 0.25) is 0 Å². The van der Waals surface area contributed by atoms with Crippen LogP contribution in [0, 0.1) is 5.92 Å². The van der Waals surface area contributed by atoms with Gasteiger partial charge in [0.05, 0.1) is 5.69 Å². The van der Waals surface area contributed by atoms with Crippen LogP contribution in [0.1, 0.15) is 32.3 Å². The van der Waals surface area contributed by atoms with Gasteiger partial charge >= 0.3 is 0 Å². The molecule has 0 radical (unpaired) electrons. The van der Waals surface area contributed by atoms with Gasteiger partial charge in [-0.3, -0.25) is 5.10 Å². The van der Waals surface area contributed by atoms with E-state index in [2.05, 4.69) is 55.2 Å². The standard InChI is InChI=1S/C14H18N2/c1-10(2)11(3)12-5-4-6-13(9-12)14-7-8-15-16-14/h4-11H,1-3H3,(H,15,16). The highest BCUT2D eigenvalue weighted by molar-refractivity contribution is 5.59. The topological polar surface area (TPSA) is 28.7 Å². The summed E-state index contributed by atoms with van der Waals surface area (Å²) in [7, 11) is 0. The van der Waals surface area contributed by atoms with Crippen LogP contribution >= 0.6 is 0 Å². The maximum Gasteiger partial charge on any atom is 0.0650 e. The van der Waals surface area contributed by atoms with Gasteiger partial charge in [-0.25, -0.2) is 0 Å². The average Bonchev–Trinajstić information content (AvgIpc) is 2.81. The first-order valence-electron chi connectivity index (χ1n) is 5.78. The third-order valence-corrected chi connectivity index (χ3v) is 3.22. The number of aromatic amines is 1. The fourth-order valence-electron chi connectivity index (χ4n) is 1.79. The maximum atomic E-state index is 3.98. The van der Waals surface area contributed by atoms with E-state index in [1.807, 2.05) is 6.07 Å². The Hall–Kier alpha value is -1.57. The number of hydrogen-bond acceptors (Lipinski definition) is 1. The zero-order valence-corrected chi connectivity index (χ0v) is 10.1. The fraction of sp³-hybridized carbons (Fsp3) is 0.357. The summed E-state index contributed by atoms with van der Waals surface area (Å²) in [5, 5.41) is 6.98. The van der Waals surface area contributed by atoms with Gasteiger partial charge in [0.1, 0.15) is 0 Å². The van der Waals surface area contributed by atoms with Gasteiger partial charge in [0.15, 0.2) is 0 Å². The molecule has 1 aromatic heterocycles. The van der Waals surface area contributed by atoms with Crippen LogP contribution < -0.4 is 0 Å². The van der Waals surface area contributed by atoms with E-state index >= 15 is 0 Å². The number of hydrogen-bond donors (Lipinski definition) is 1. The molecule has 0 aliphatic carbocycles. The summed E-state index contributed by atoms with van der Waals surface area (Å²) < 4.78 is 0. The summed E-state index contributed by atoms with van der Waals surface area (Å²) >= 11 is 0. The van der Waals surface area contributed by atoms with E-state index < -0.39 is 0 Å². The van der Waals surface area contributed by atoms with Crippen LogP contribution in [0.5, 0.6) is 0 Å². The largest absolute Gasteiger partial charge is 0.278 e. The molecule has 0 spiro atoms. The van der Waals surface area contributed by atoms with E-state index in [-0.39, 0.29) is 0 Å². The first-order valence-corrected chi connectivity index (χ1v) is 5.78. The summed E-state index contributed by atoms with van der Waals surface area (Å²) in [6, 6.07) is 10.7. The Labute approximate surface area is 96.7 Å². The SMILES string of the molecule is CC(C)C(C)c1cccc(-c2ccn[nH]2)c1. The van der Waals surface area contributed by atoms with Gasteiger partial charge in [-0.05, 0) is 35.1 Å². The molecular weight excluding hydrogens is 196 g/mol. The molecule has 2 nitrogen and oxygen atoms in total. The molecule has 0 aliphatic heterocycles. The Bertz CT molecular complexity index is 444. The van der Waals surface area contributed by atoms with Gasteiger partial charge in [0.2, 0.25) is 0 Å². The Kier molecular flexibility index (Phi) is 3.09. The highest BCUT2D eigenvalue weighted by Gasteiger charge is 2.10. The molecule has 0 aliphatic rings. The lowest BCUT2D eigenvalue weighted by Gasteiger charge is -2.16. The van der Waals surface area contributed by atoms with Gasteiger partial charge < -0.3 is 0 Å². The van der Waals surface area contributed by atoms with E-state index in [9.17, 15) is 0 Å². The highest BCUT2D eigenvalue weighted by atomic mass is 15.1. The van der Waals surface area contributed by atoms with Crippen molar-refractivity contribution in [1.29, 1.82) is 0 Å². The molecule has 2 aromatic rings. The second kappa shape index (κ2) is 4.52. The minimum Gasteiger partial charge on any atom is -0.278 e. The third-order valence-electron chi connectivity index (χ3n) is 3.22. The predicted octanol–water partition coefficient (Wildman–Crippen LogP) is 3.84. The van der Waals surface area contributed by atoms with Crippen molar-refractivity contribution in [3.8, 4) is 11.3 Å². The molecule has 1 N–H and O–H groups in total. The fourth-order valence-corrected chi connectivity index (χ4v) is 1.79. The van der Waals surface area contributed by atoms with Crippen LogP contribution in [0.15, 0.2) is 36.5 Å². The molecule has 0 fully saturated rings. The van der Waals surface area contributed by atoms with Crippen molar-refractivity contribution >= 4 is 0 Å². The number of aromatic nitrogens is 2. The molecule has 0 saturated carbocycles. The van der Waals surface area contributed by atoms with Crippen molar-refractivity contribution in [2.24, 2.45) is 5.92 Å². The summed E-state index contributed by atoms with van der Waals surface area (Å²) in [4.78, 5) is 0. The lowest BCUT2D eigenvalue weighted by atomic mass is 9.89. The van der Waals surface area contributed by atoms with Crippen LogP contribution in [-0.2, 0) is 0 Å². The van der Waals surface area contributed by atoms with Crippen molar-refractivity contribution in [2.75, 3.05) is 0 Å². The number of benzene rings is 1. The number of H-pyrrole nitrogens is 1. The van der Waals surface area contributed by atoms with Crippen LogP contribution in [0.25, 0.3) is 11.3 Å². The van der Waals surface area contributed by atoms with Gasteiger partial charge in [0.25, 0.3) is 0 Å². The molecule has 1 aromatic carbocycles. The van der Waals surface area contributed by atoms with Gasteiger partial charge in [-0.15, -0.1) is 0 Å². The molecule has 16 heavy (non-hydrogen) atoms. The van der Waals surface area contributed by atoms with Crippen LogP contribution in [0.3, 0.4) is 0 Å². The van der Waals surface area contributed by atoms with Crippen molar-refractivity contribution < 1.29 is 0 Å². The third kappa shape index (κ3) is 2.16. The Morgan fingerprint density at radius 1 is 1.12 bits per heavy atom. The van der Waals surface area contributed by atoms with Crippen molar-refractivity contribution in [3.05, 3.63) is 42.1 Å². The lowest BCUT2D eigenvalue weighted by Crippen LogP contribution is -2.01. The van der Waals surface area contributed by atoms with E-state index in [1.165, 1.54) is 11.1 Å². The molecule has 2 rings (SSSR count). The summed E-state index contributed by atoms with van der Waals surface area (Å²) in [5.41, 5.74) is 3.68. The zero-order valence-electron chi connectivity index (χ0n) is 10.1. The van der Waals surface area contributed by atoms with Crippen LogP contribution in [0.4, 0.5) is 0 Å². The van der Waals surface area contributed by atoms with Gasteiger partial charge in [0, 0.05) is 6.20 Å². The second-order valence-corrected chi connectivity index (χ2v) is 4.63. The first-order chi connectivity index (χ1) is 7.68. The Morgan fingerprint density at radius 2 is 1.94 bits per heavy atom. The molecule has 1 atom stereocenters. The molecule has 2 heteroatoms. The van der Waals surface area contributed by atoms with Crippen molar-refractivity contribution in [3.63, 3.8) is 0 Å². The smallest absolute Gasteiger partial charge is 0.0650 e. The molecule has 0 amide bonds. The first kappa shape index (κ1) is 10.9. The Morgan fingerprint density at radius 3 is 2.56 bits per heavy atom. The normalized spacial score (nSPS) is 13.0. The highest BCUT2D eigenvalue weighted by Crippen LogP contribution is 2.27. The number of nitrogens with one attached hydrogen (secondary N) is 1. The minimum absolute atomic E-state index is 0.586. The monoisotopic (exact) mass is 214 g/mol. The van der Waals surface area contributed by atoms with E-state index in [0.29, 0.717) is 11.8 Å². The number of nitrogens with zero attached hydrogens (tertiary/aromatic N) is 1. The van der Waals surface area contributed by atoms with E-state index in [0.717, 1.165) is 5.69 Å². The second-order valence-electron chi connectivity index (χ2n) is 4.63. The van der Waals surface area contributed by atoms with Crippen molar-refractivity contribution in [2.45, 2.75) is 26.7 Å². The average molecular weight is 214 g/mol. The van der Waals surface area contributed by atoms with Gasteiger partial charge in [-0.1, -0.05) is 39.0 Å². The molecule has 0 bridgehead atoms. The molecular formula is C14H18N2. The zero-order chi connectivity index (χ0) is 11.5. The molecule has 1 unspecified atom stereocenters. The molecule has 0 saturated heterocycles. The summed E-state index contributed by atoms with van der Waals surface area (Å²) in [6.45, 7) is 6.79. The molecule has 84 valence electrons. The van der Waals surface area contributed by atoms with Crippen molar-refractivity contribution in [1.82, 2.24) is 10.2 Å². The number of rotatable bonds is 3. The lowest BCUT2D eigenvalue weighted by molar-refractivity contribution is 0.535. The summed E-state index contributed by atoms with van der Waals surface area (Å²) in [5.74, 6) is 1.25. The quantitative estimate of drug-likeness (QED) is 0.826. The summed E-state index contributed by atoms with van der Waals surface area (Å²) in [6.07, 6.45) is 1.79. The minimum atomic E-state index is 0.586. The maximum absolute atomic E-state index is 3.98. The van der Waals surface area contributed by atoms with Gasteiger partial charge in [-0.2, -0.15) is 5.10 Å². The van der Waals surface area contributed by atoms with E-state index in [4.69, 9.17) is 0 Å². The predicted molar refractivity (Wildman–Crippen MR) is 67.3 cm³/mol. The molecule has 1 heterocycles. The van der Waals surface area contributed by atoms with Crippen LogP contribution in [-0.4, -0.2) is 10.2 Å². The Balaban J connectivity index is 2.34.